The van der Waals surface area contributed by atoms with Gasteiger partial charge in [0.25, 0.3) is 0 Å². The molecule has 2 unspecified atom stereocenters. The SMILES string of the molecule is CC(C)CCC[C@@H](C)[C@H]1CCC2[C@@H]3CC=C4C[C@@H](OCCN)CC[C@]4(C)C3CC[C@@]21C. The first-order valence-corrected chi connectivity index (χ1v) is 13.8. The van der Waals surface area contributed by atoms with Crippen LogP contribution in [0.5, 0.6) is 0 Å². The van der Waals surface area contributed by atoms with Gasteiger partial charge in [-0.3, -0.25) is 0 Å². The lowest BCUT2D eigenvalue weighted by Gasteiger charge is -2.58. The average Bonchev–Trinajstić information content (AvgIpc) is 3.09. The lowest BCUT2D eigenvalue weighted by molar-refractivity contribution is -0.0634. The molecule has 0 heterocycles. The zero-order valence-corrected chi connectivity index (χ0v) is 21.3. The Bertz CT molecular complexity index is 641. The maximum Gasteiger partial charge on any atom is 0.0613 e. The van der Waals surface area contributed by atoms with Gasteiger partial charge in [-0.05, 0) is 97.7 Å². The molecule has 0 aromatic rings. The maximum absolute atomic E-state index is 6.07. The van der Waals surface area contributed by atoms with Gasteiger partial charge in [-0.1, -0.05) is 65.5 Å². The van der Waals surface area contributed by atoms with Crippen molar-refractivity contribution in [2.24, 2.45) is 52.1 Å². The maximum atomic E-state index is 6.07. The molecule has 3 saturated carbocycles. The van der Waals surface area contributed by atoms with Crippen LogP contribution < -0.4 is 5.73 Å². The molecule has 8 atom stereocenters. The van der Waals surface area contributed by atoms with Gasteiger partial charge in [-0.2, -0.15) is 0 Å². The van der Waals surface area contributed by atoms with E-state index in [4.69, 9.17) is 10.5 Å². The van der Waals surface area contributed by atoms with Gasteiger partial charge in [-0.25, -0.2) is 0 Å². The molecule has 4 aliphatic rings. The summed E-state index contributed by atoms with van der Waals surface area (Å²) in [4.78, 5) is 0. The highest BCUT2D eigenvalue weighted by molar-refractivity contribution is 5.25. The van der Waals surface area contributed by atoms with Crippen LogP contribution in [0.15, 0.2) is 11.6 Å². The van der Waals surface area contributed by atoms with Crippen molar-refractivity contribution in [2.75, 3.05) is 13.2 Å². The second kappa shape index (κ2) is 9.49. The molecule has 3 fully saturated rings. The molecule has 2 heteroatoms. The molecule has 0 saturated heterocycles. The summed E-state index contributed by atoms with van der Waals surface area (Å²) in [6.07, 6.45) is 18.4. The first-order valence-electron chi connectivity index (χ1n) is 13.8. The van der Waals surface area contributed by atoms with Crippen LogP contribution >= 0.6 is 0 Å². The Hall–Kier alpha value is -0.340. The van der Waals surface area contributed by atoms with E-state index in [0.29, 0.717) is 23.5 Å². The van der Waals surface area contributed by atoms with E-state index in [-0.39, 0.29) is 0 Å². The van der Waals surface area contributed by atoms with E-state index >= 15 is 0 Å². The lowest BCUT2D eigenvalue weighted by atomic mass is 9.47. The van der Waals surface area contributed by atoms with Crippen molar-refractivity contribution in [3.63, 3.8) is 0 Å². The Morgan fingerprint density at radius 2 is 1.84 bits per heavy atom. The Balaban J connectivity index is 1.45. The molecule has 0 radical (unpaired) electrons. The third kappa shape index (κ3) is 4.42. The highest BCUT2D eigenvalue weighted by atomic mass is 16.5. The quantitative estimate of drug-likeness (QED) is 0.409. The molecule has 4 aliphatic carbocycles. The molecule has 0 aromatic carbocycles. The van der Waals surface area contributed by atoms with Crippen LogP contribution in [0.1, 0.15) is 105 Å². The Kier molecular flexibility index (Phi) is 7.29. The van der Waals surface area contributed by atoms with Gasteiger partial charge < -0.3 is 10.5 Å². The fourth-order valence-electron chi connectivity index (χ4n) is 9.03. The minimum absolute atomic E-state index is 0.413. The molecule has 0 aromatic heterocycles. The summed E-state index contributed by atoms with van der Waals surface area (Å²) in [7, 11) is 0. The van der Waals surface area contributed by atoms with Gasteiger partial charge in [0.05, 0.1) is 12.7 Å². The minimum atomic E-state index is 0.413. The number of ether oxygens (including phenoxy) is 1. The van der Waals surface area contributed by atoms with E-state index in [1.54, 1.807) is 5.57 Å². The first-order chi connectivity index (χ1) is 14.8. The molecule has 0 bridgehead atoms. The molecule has 0 amide bonds. The van der Waals surface area contributed by atoms with Crippen molar-refractivity contribution in [3.05, 3.63) is 11.6 Å². The van der Waals surface area contributed by atoms with Crippen LogP contribution in [0.25, 0.3) is 0 Å². The fourth-order valence-corrected chi connectivity index (χ4v) is 9.03. The Labute approximate surface area is 193 Å². The molecule has 0 spiro atoms. The predicted octanol–water partition coefficient (Wildman–Crippen LogP) is 7.37. The van der Waals surface area contributed by atoms with Crippen LogP contribution in [0.3, 0.4) is 0 Å². The van der Waals surface area contributed by atoms with E-state index in [9.17, 15) is 0 Å². The van der Waals surface area contributed by atoms with Crippen molar-refractivity contribution in [2.45, 2.75) is 111 Å². The number of rotatable bonds is 8. The Morgan fingerprint density at radius 1 is 1.03 bits per heavy atom. The van der Waals surface area contributed by atoms with Crippen LogP contribution in [0.4, 0.5) is 0 Å². The Morgan fingerprint density at radius 3 is 2.58 bits per heavy atom. The number of nitrogens with two attached hydrogens (primary N) is 1. The third-order valence-corrected chi connectivity index (χ3v) is 10.7. The molecule has 4 rings (SSSR count). The number of hydrogen-bond acceptors (Lipinski definition) is 2. The van der Waals surface area contributed by atoms with Gasteiger partial charge in [-0.15, -0.1) is 0 Å². The highest BCUT2D eigenvalue weighted by Crippen LogP contribution is 2.67. The van der Waals surface area contributed by atoms with Gasteiger partial charge >= 0.3 is 0 Å². The van der Waals surface area contributed by atoms with Crippen LogP contribution in [-0.4, -0.2) is 19.3 Å². The number of fused-ring (bicyclic) bond motifs is 5. The summed E-state index contributed by atoms with van der Waals surface area (Å²) in [5.41, 5.74) is 8.46. The van der Waals surface area contributed by atoms with Crippen molar-refractivity contribution in [3.8, 4) is 0 Å². The second-order valence-corrected chi connectivity index (χ2v) is 12.8. The van der Waals surface area contributed by atoms with Gasteiger partial charge in [0.2, 0.25) is 0 Å². The standard InChI is InChI=1S/C29H51NO/c1-20(2)7-6-8-21(3)25-11-12-26-24-10-9-22-19-23(31-18-17-30)13-15-28(22,4)27(24)14-16-29(25,26)5/h9,20-21,23-27H,6-8,10-19,30H2,1-5H3/t21-,23+,24+,25-,26?,27?,28+,29-/m1/s1. The minimum Gasteiger partial charge on any atom is -0.377 e. The lowest BCUT2D eigenvalue weighted by Crippen LogP contribution is -2.51. The van der Waals surface area contributed by atoms with Crippen molar-refractivity contribution >= 4 is 0 Å². The highest BCUT2D eigenvalue weighted by Gasteiger charge is 2.59. The van der Waals surface area contributed by atoms with Crippen LogP contribution in [0.2, 0.25) is 0 Å². The van der Waals surface area contributed by atoms with Crippen LogP contribution in [0, 0.1) is 46.3 Å². The van der Waals surface area contributed by atoms with Crippen molar-refractivity contribution < 1.29 is 4.74 Å². The summed E-state index contributed by atoms with van der Waals surface area (Å²) < 4.78 is 6.07. The third-order valence-electron chi connectivity index (χ3n) is 10.7. The molecule has 178 valence electrons. The zero-order chi connectivity index (χ0) is 22.2. The summed E-state index contributed by atoms with van der Waals surface area (Å²) in [6.45, 7) is 14.0. The molecular formula is C29H51NO. The van der Waals surface area contributed by atoms with E-state index in [1.807, 2.05) is 0 Å². The smallest absolute Gasteiger partial charge is 0.0613 e. The molecule has 0 aliphatic heterocycles. The molecule has 31 heavy (non-hydrogen) atoms. The summed E-state index contributed by atoms with van der Waals surface area (Å²) >= 11 is 0. The first kappa shape index (κ1) is 23.8. The molecular weight excluding hydrogens is 378 g/mol. The largest absolute Gasteiger partial charge is 0.377 e. The summed E-state index contributed by atoms with van der Waals surface area (Å²) in [5.74, 6) is 5.53. The second-order valence-electron chi connectivity index (χ2n) is 12.8. The normalized spacial score (nSPS) is 43.2. The van der Waals surface area contributed by atoms with E-state index in [2.05, 4.69) is 40.7 Å². The van der Waals surface area contributed by atoms with E-state index < -0.39 is 0 Å². The van der Waals surface area contributed by atoms with Crippen LogP contribution in [-0.2, 0) is 4.74 Å². The van der Waals surface area contributed by atoms with Gasteiger partial charge in [0.15, 0.2) is 0 Å². The number of allylic oxidation sites excluding steroid dienone is 1. The van der Waals surface area contributed by atoms with Crippen molar-refractivity contribution in [1.29, 1.82) is 0 Å². The average molecular weight is 430 g/mol. The molecule has 2 nitrogen and oxygen atoms in total. The topological polar surface area (TPSA) is 35.2 Å². The van der Waals surface area contributed by atoms with Crippen molar-refractivity contribution in [1.82, 2.24) is 0 Å². The van der Waals surface area contributed by atoms with E-state index in [0.717, 1.165) is 48.5 Å². The predicted molar refractivity (Wildman–Crippen MR) is 132 cm³/mol. The van der Waals surface area contributed by atoms with Gasteiger partial charge in [0, 0.05) is 6.54 Å². The monoisotopic (exact) mass is 429 g/mol. The molecule has 2 N–H and O–H groups in total. The number of hydrogen-bond donors (Lipinski definition) is 1. The summed E-state index contributed by atoms with van der Waals surface area (Å²) in [5, 5.41) is 0. The van der Waals surface area contributed by atoms with E-state index in [1.165, 1.54) is 64.2 Å². The summed E-state index contributed by atoms with van der Waals surface area (Å²) in [6, 6.07) is 0. The fraction of sp³-hybridized carbons (Fsp3) is 0.931. The van der Waals surface area contributed by atoms with Gasteiger partial charge in [0.1, 0.15) is 0 Å². The zero-order valence-electron chi connectivity index (χ0n) is 21.3.